The maximum absolute atomic E-state index is 5.16. The van der Waals surface area contributed by atoms with Crippen LogP contribution < -0.4 is 0 Å². The van der Waals surface area contributed by atoms with Gasteiger partial charge in [0.1, 0.15) is 15.0 Å². The van der Waals surface area contributed by atoms with Gasteiger partial charge in [0.05, 0.1) is 11.8 Å². The highest BCUT2D eigenvalue weighted by Gasteiger charge is 2.09. The fraction of sp³-hybridized carbons (Fsp3) is 0. The minimum Gasteiger partial charge on any atom is -0.343 e. The molecule has 0 saturated heterocycles. The zero-order chi connectivity index (χ0) is 11.0. The molecule has 0 spiro atoms. The lowest BCUT2D eigenvalue weighted by atomic mass is 10.1. The molecule has 0 aliphatic heterocycles. The lowest BCUT2D eigenvalue weighted by Crippen LogP contribution is -1.82. The standard InChI is InChI=1S/C11H7N3S2/c15-11-10-9(12-6-13-11)8(14-16-10)7-4-2-1-3-5-7/h1-6H,(H,12,13,15). The molecule has 1 N–H and O–H groups in total. The quantitative estimate of drug-likeness (QED) is 0.668. The second-order valence-electron chi connectivity index (χ2n) is 3.31. The van der Waals surface area contributed by atoms with Gasteiger partial charge >= 0.3 is 0 Å². The molecule has 16 heavy (non-hydrogen) atoms. The number of benzene rings is 1. The van der Waals surface area contributed by atoms with E-state index in [9.17, 15) is 0 Å². The van der Waals surface area contributed by atoms with Crippen molar-refractivity contribution in [3.8, 4) is 11.3 Å². The summed E-state index contributed by atoms with van der Waals surface area (Å²) in [7, 11) is 0. The molecule has 0 bridgehead atoms. The largest absolute Gasteiger partial charge is 0.343 e. The summed E-state index contributed by atoms with van der Waals surface area (Å²) in [6.45, 7) is 0. The van der Waals surface area contributed by atoms with E-state index in [-0.39, 0.29) is 0 Å². The van der Waals surface area contributed by atoms with Gasteiger partial charge < -0.3 is 4.98 Å². The lowest BCUT2D eigenvalue weighted by molar-refractivity contribution is 1.21. The Morgan fingerprint density at radius 3 is 2.81 bits per heavy atom. The number of aromatic amines is 1. The number of fused-ring (bicyclic) bond motifs is 1. The van der Waals surface area contributed by atoms with Crippen LogP contribution in [-0.4, -0.2) is 14.3 Å². The summed E-state index contributed by atoms with van der Waals surface area (Å²) >= 11 is 6.54. The zero-order valence-electron chi connectivity index (χ0n) is 8.18. The van der Waals surface area contributed by atoms with Crippen LogP contribution in [0.5, 0.6) is 0 Å². The molecule has 0 atom stereocenters. The predicted molar refractivity (Wildman–Crippen MR) is 68.0 cm³/mol. The number of nitrogens with zero attached hydrogens (tertiary/aromatic N) is 2. The Morgan fingerprint density at radius 2 is 2.00 bits per heavy atom. The summed E-state index contributed by atoms with van der Waals surface area (Å²) in [4.78, 5) is 7.15. The van der Waals surface area contributed by atoms with Crippen molar-refractivity contribution in [3.63, 3.8) is 0 Å². The lowest BCUT2D eigenvalue weighted by Gasteiger charge is -1.96. The van der Waals surface area contributed by atoms with Crippen molar-refractivity contribution in [2.24, 2.45) is 0 Å². The molecule has 1 aromatic carbocycles. The summed E-state index contributed by atoms with van der Waals surface area (Å²) in [6.07, 6.45) is 1.62. The van der Waals surface area contributed by atoms with Crippen LogP contribution in [0.2, 0.25) is 0 Å². The van der Waals surface area contributed by atoms with Gasteiger partial charge in [0.25, 0.3) is 0 Å². The first-order valence-electron chi connectivity index (χ1n) is 4.75. The van der Waals surface area contributed by atoms with E-state index in [4.69, 9.17) is 12.2 Å². The van der Waals surface area contributed by atoms with Gasteiger partial charge in [-0.3, -0.25) is 0 Å². The minimum atomic E-state index is 0.605. The molecule has 3 rings (SSSR count). The monoisotopic (exact) mass is 245 g/mol. The molecule has 3 aromatic rings. The summed E-state index contributed by atoms with van der Waals surface area (Å²) < 4.78 is 5.98. The van der Waals surface area contributed by atoms with Crippen molar-refractivity contribution in [2.45, 2.75) is 0 Å². The van der Waals surface area contributed by atoms with Crippen LogP contribution in [0, 0.1) is 4.64 Å². The number of hydrogen-bond acceptors (Lipinski definition) is 4. The maximum Gasteiger partial charge on any atom is 0.148 e. The van der Waals surface area contributed by atoms with Crippen molar-refractivity contribution in [2.75, 3.05) is 0 Å². The van der Waals surface area contributed by atoms with Crippen molar-refractivity contribution in [1.29, 1.82) is 0 Å². The number of nitrogens with one attached hydrogen (secondary N) is 1. The van der Waals surface area contributed by atoms with E-state index in [1.54, 1.807) is 6.33 Å². The number of aromatic nitrogens is 3. The van der Waals surface area contributed by atoms with Crippen LogP contribution in [0.25, 0.3) is 21.5 Å². The van der Waals surface area contributed by atoms with E-state index >= 15 is 0 Å². The Balaban J connectivity index is 2.34. The third-order valence-corrected chi connectivity index (χ3v) is 3.62. The van der Waals surface area contributed by atoms with Crippen LogP contribution in [0.1, 0.15) is 0 Å². The number of hydrogen-bond donors (Lipinski definition) is 1. The number of H-pyrrole nitrogens is 1. The van der Waals surface area contributed by atoms with Crippen LogP contribution >= 0.6 is 23.8 Å². The Hall–Kier alpha value is -1.59. The molecule has 2 heterocycles. The maximum atomic E-state index is 5.16. The van der Waals surface area contributed by atoms with Gasteiger partial charge in [-0.05, 0) is 11.5 Å². The first-order chi connectivity index (χ1) is 7.86. The van der Waals surface area contributed by atoms with Gasteiger partial charge in [0.15, 0.2) is 0 Å². The van der Waals surface area contributed by atoms with Crippen molar-refractivity contribution in [3.05, 3.63) is 41.3 Å². The molecule has 0 saturated carbocycles. The van der Waals surface area contributed by atoms with E-state index in [0.29, 0.717) is 4.64 Å². The van der Waals surface area contributed by atoms with E-state index in [1.807, 2.05) is 30.3 Å². The van der Waals surface area contributed by atoms with Crippen LogP contribution in [-0.2, 0) is 0 Å². The molecule has 0 radical (unpaired) electrons. The molecule has 3 nitrogen and oxygen atoms in total. The van der Waals surface area contributed by atoms with Gasteiger partial charge in [-0.25, -0.2) is 4.98 Å². The predicted octanol–water partition coefficient (Wildman–Crippen LogP) is 3.42. The fourth-order valence-electron chi connectivity index (χ4n) is 1.58. The normalized spacial score (nSPS) is 10.8. The van der Waals surface area contributed by atoms with Crippen LogP contribution in [0.15, 0.2) is 36.7 Å². The summed E-state index contributed by atoms with van der Waals surface area (Å²) in [6, 6.07) is 10.0. The van der Waals surface area contributed by atoms with Crippen molar-refractivity contribution < 1.29 is 0 Å². The van der Waals surface area contributed by atoms with Gasteiger partial charge in [0.2, 0.25) is 0 Å². The minimum absolute atomic E-state index is 0.605. The molecule has 0 unspecified atom stereocenters. The highest BCUT2D eigenvalue weighted by Crippen LogP contribution is 2.28. The molecule has 2 aromatic heterocycles. The molecule has 0 amide bonds. The van der Waals surface area contributed by atoms with E-state index in [0.717, 1.165) is 21.5 Å². The molecule has 0 aliphatic rings. The molecule has 0 aliphatic carbocycles. The topological polar surface area (TPSA) is 41.6 Å². The first kappa shape index (κ1) is 9.62. The zero-order valence-corrected chi connectivity index (χ0v) is 9.81. The van der Waals surface area contributed by atoms with Gasteiger partial charge in [-0.2, -0.15) is 4.37 Å². The van der Waals surface area contributed by atoms with E-state index < -0.39 is 0 Å². The third kappa shape index (κ3) is 1.45. The van der Waals surface area contributed by atoms with Crippen LogP contribution in [0.3, 0.4) is 0 Å². The van der Waals surface area contributed by atoms with Gasteiger partial charge in [-0.15, -0.1) is 0 Å². The molecule has 0 fully saturated rings. The van der Waals surface area contributed by atoms with Crippen molar-refractivity contribution in [1.82, 2.24) is 14.3 Å². The Kier molecular flexibility index (Phi) is 2.27. The Bertz CT molecular complexity index is 685. The van der Waals surface area contributed by atoms with Gasteiger partial charge in [0, 0.05) is 5.56 Å². The second-order valence-corrected chi connectivity index (χ2v) is 4.47. The molecular weight excluding hydrogens is 238 g/mol. The first-order valence-corrected chi connectivity index (χ1v) is 5.93. The molecular formula is C11H7N3S2. The Morgan fingerprint density at radius 1 is 1.19 bits per heavy atom. The average molecular weight is 245 g/mol. The summed E-state index contributed by atoms with van der Waals surface area (Å²) in [5, 5.41) is 0. The average Bonchev–Trinajstić information content (AvgIpc) is 2.75. The number of rotatable bonds is 1. The summed E-state index contributed by atoms with van der Waals surface area (Å²) in [5.74, 6) is 0. The van der Waals surface area contributed by atoms with Crippen LogP contribution in [0.4, 0.5) is 0 Å². The smallest absolute Gasteiger partial charge is 0.148 e. The molecule has 5 heteroatoms. The third-order valence-electron chi connectivity index (χ3n) is 2.32. The fourth-order valence-corrected chi connectivity index (χ4v) is 2.60. The second kappa shape index (κ2) is 3.77. The summed E-state index contributed by atoms with van der Waals surface area (Å²) in [5.41, 5.74) is 3.00. The Labute approximate surface area is 101 Å². The van der Waals surface area contributed by atoms with Gasteiger partial charge in [-0.1, -0.05) is 42.5 Å². The highest BCUT2D eigenvalue weighted by atomic mass is 32.1. The van der Waals surface area contributed by atoms with E-state index in [1.165, 1.54) is 11.5 Å². The molecule has 78 valence electrons. The van der Waals surface area contributed by atoms with E-state index in [2.05, 4.69) is 14.3 Å². The SMILES string of the molecule is S=c1nc[nH]c2c(-c3ccccc3)nsc12. The highest BCUT2D eigenvalue weighted by molar-refractivity contribution is 7.71. The van der Waals surface area contributed by atoms with Crippen molar-refractivity contribution >= 4 is 34.0 Å².